The third-order valence-electron chi connectivity index (χ3n) is 0.842. The number of ether oxygens (including phenoxy) is 1. The van der Waals surface area contributed by atoms with Crippen molar-refractivity contribution < 1.29 is 4.74 Å². The zero-order valence-corrected chi connectivity index (χ0v) is 4.53. The van der Waals surface area contributed by atoms with Gasteiger partial charge in [-0.1, -0.05) is 0 Å². The molecule has 0 aromatic heterocycles. The van der Waals surface area contributed by atoms with Gasteiger partial charge in [0.05, 0.1) is 0 Å². The van der Waals surface area contributed by atoms with E-state index in [1.165, 1.54) is 0 Å². The monoisotopic (exact) mass is 113 g/mol. The second kappa shape index (κ2) is 1.92. The summed E-state index contributed by atoms with van der Waals surface area (Å²) < 4.78 is 4.76. The lowest BCUT2D eigenvalue weighted by atomic mass is 10.5. The highest BCUT2D eigenvalue weighted by atomic mass is 16.5. The summed E-state index contributed by atoms with van der Waals surface area (Å²) >= 11 is 0. The molecule has 0 spiro atoms. The molecule has 0 fully saturated rings. The molecule has 1 rings (SSSR count). The maximum Gasteiger partial charge on any atom is 0.191 e. The maximum absolute atomic E-state index is 5.22. The van der Waals surface area contributed by atoms with Crippen molar-refractivity contribution in [3.8, 4) is 0 Å². The van der Waals surface area contributed by atoms with Gasteiger partial charge < -0.3 is 10.5 Å². The van der Waals surface area contributed by atoms with Crippen molar-refractivity contribution in [2.24, 2.45) is 16.0 Å². The van der Waals surface area contributed by atoms with E-state index < -0.39 is 0 Å². The van der Waals surface area contributed by atoms with E-state index in [1.54, 1.807) is 13.2 Å². The topological polar surface area (TPSA) is 60.0 Å². The standard InChI is InChI=1S/C4H7N3O/c1-8-4-2-3(5)6-7-4/h2,4H,5H2,1H3/t4-/m1/s1. The van der Waals surface area contributed by atoms with Crippen LogP contribution in [0.3, 0.4) is 0 Å². The Hall–Kier alpha value is -0.900. The van der Waals surface area contributed by atoms with E-state index in [-0.39, 0.29) is 6.23 Å². The molecule has 0 saturated carbocycles. The van der Waals surface area contributed by atoms with Gasteiger partial charge in [0.2, 0.25) is 0 Å². The Morgan fingerprint density at radius 3 is 2.88 bits per heavy atom. The minimum atomic E-state index is -0.255. The van der Waals surface area contributed by atoms with Gasteiger partial charge in [-0.3, -0.25) is 0 Å². The van der Waals surface area contributed by atoms with Crippen LogP contribution in [0.25, 0.3) is 0 Å². The van der Waals surface area contributed by atoms with Crippen LogP contribution in [0.15, 0.2) is 22.1 Å². The van der Waals surface area contributed by atoms with Gasteiger partial charge in [0.25, 0.3) is 0 Å². The Bertz CT molecular complexity index is 140. The van der Waals surface area contributed by atoms with Crippen LogP contribution in [0.5, 0.6) is 0 Å². The highest BCUT2D eigenvalue weighted by Gasteiger charge is 2.06. The van der Waals surface area contributed by atoms with Gasteiger partial charge in [0, 0.05) is 13.2 Å². The van der Waals surface area contributed by atoms with Gasteiger partial charge in [-0.2, -0.15) is 5.11 Å². The third-order valence-corrected chi connectivity index (χ3v) is 0.842. The first-order chi connectivity index (χ1) is 3.83. The third kappa shape index (κ3) is 0.840. The molecule has 1 aliphatic rings. The number of methoxy groups -OCH3 is 1. The predicted molar refractivity (Wildman–Crippen MR) is 27.9 cm³/mol. The minimum Gasteiger partial charge on any atom is -0.382 e. The van der Waals surface area contributed by atoms with Gasteiger partial charge in [-0.05, 0) is 0 Å². The molecular weight excluding hydrogens is 106 g/mol. The lowest BCUT2D eigenvalue weighted by Gasteiger charge is -1.93. The van der Waals surface area contributed by atoms with Crippen LogP contribution >= 0.6 is 0 Å². The van der Waals surface area contributed by atoms with Crippen LogP contribution in [0.4, 0.5) is 0 Å². The van der Waals surface area contributed by atoms with Gasteiger partial charge in [0.15, 0.2) is 6.23 Å². The van der Waals surface area contributed by atoms with Crippen LogP contribution in [-0.2, 0) is 4.74 Å². The Labute approximate surface area is 47.0 Å². The molecule has 2 N–H and O–H groups in total. The average Bonchev–Trinajstić information content (AvgIpc) is 2.14. The summed E-state index contributed by atoms with van der Waals surface area (Å²) in [5.74, 6) is 0.428. The normalized spacial score (nSPS) is 26.1. The zero-order valence-electron chi connectivity index (χ0n) is 4.53. The van der Waals surface area contributed by atoms with Crippen LogP contribution in [0.2, 0.25) is 0 Å². The average molecular weight is 113 g/mol. The second-order valence-electron chi connectivity index (χ2n) is 1.43. The summed E-state index contributed by atoms with van der Waals surface area (Å²) in [4.78, 5) is 0. The lowest BCUT2D eigenvalue weighted by molar-refractivity contribution is 0.147. The molecule has 1 aliphatic heterocycles. The van der Waals surface area contributed by atoms with Crippen molar-refractivity contribution >= 4 is 0 Å². The van der Waals surface area contributed by atoms with Crippen molar-refractivity contribution in [1.29, 1.82) is 0 Å². The molecule has 0 radical (unpaired) electrons. The van der Waals surface area contributed by atoms with Gasteiger partial charge in [-0.25, -0.2) is 0 Å². The smallest absolute Gasteiger partial charge is 0.191 e. The van der Waals surface area contributed by atoms with Gasteiger partial charge in [-0.15, -0.1) is 5.11 Å². The quantitative estimate of drug-likeness (QED) is 0.529. The van der Waals surface area contributed by atoms with E-state index in [1.807, 2.05) is 0 Å². The summed E-state index contributed by atoms with van der Waals surface area (Å²) in [6.45, 7) is 0. The SMILES string of the molecule is CO[C@@H]1C=C(N)N=N1. The van der Waals surface area contributed by atoms with E-state index in [0.29, 0.717) is 5.82 Å². The Kier molecular flexibility index (Phi) is 1.26. The predicted octanol–water partition coefficient (Wildman–Crippen LogP) is 0.225. The van der Waals surface area contributed by atoms with E-state index in [0.717, 1.165) is 0 Å². The second-order valence-corrected chi connectivity index (χ2v) is 1.43. The molecule has 4 nitrogen and oxygen atoms in total. The van der Waals surface area contributed by atoms with Crippen molar-refractivity contribution in [3.05, 3.63) is 11.9 Å². The summed E-state index contributed by atoms with van der Waals surface area (Å²) in [5.41, 5.74) is 5.22. The number of hydrogen-bond acceptors (Lipinski definition) is 4. The fourth-order valence-electron chi connectivity index (χ4n) is 0.451. The van der Waals surface area contributed by atoms with Crippen molar-refractivity contribution in [3.63, 3.8) is 0 Å². The molecule has 0 bridgehead atoms. The maximum atomic E-state index is 5.22. The van der Waals surface area contributed by atoms with Crippen LogP contribution < -0.4 is 5.73 Å². The van der Waals surface area contributed by atoms with Crippen molar-refractivity contribution in [1.82, 2.24) is 0 Å². The Morgan fingerprint density at radius 1 is 1.88 bits per heavy atom. The van der Waals surface area contributed by atoms with Crippen LogP contribution in [0, 0.1) is 0 Å². The minimum absolute atomic E-state index is 0.255. The molecule has 0 aromatic rings. The first-order valence-electron chi connectivity index (χ1n) is 2.24. The fourth-order valence-corrected chi connectivity index (χ4v) is 0.451. The first kappa shape index (κ1) is 5.24. The Morgan fingerprint density at radius 2 is 2.62 bits per heavy atom. The molecule has 0 saturated heterocycles. The molecule has 8 heavy (non-hydrogen) atoms. The van der Waals surface area contributed by atoms with Crippen LogP contribution in [-0.4, -0.2) is 13.3 Å². The number of nitrogens with zero attached hydrogens (tertiary/aromatic N) is 2. The molecule has 0 aromatic carbocycles. The summed E-state index contributed by atoms with van der Waals surface area (Å²) in [6.07, 6.45) is 1.38. The molecule has 44 valence electrons. The summed E-state index contributed by atoms with van der Waals surface area (Å²) in [5, 5.41) is 7.15. The zero-order chi connectivity index (χ0) is 5.98. The van der Waals surface area contributed by atoms with Crippen LogP contribution in [0.1, 0.15) is 0 Å². The number of hydrogen-bond donors (Lipinski definition) is 1. The van der Waals surface area contributed by atoms with Crippen molar-refractivity contribution in [2.75, 3.05) is 7.11 Å². The molecule has 4 heteroatoms. The lowest BCUT2D eigenvalue weighted by Crippen LogP contribution is -1.99. The first-order valence-corrected chi connectivity index (χ1v) is 2.24. The number of rotatable bonds is 1. The highest BCUT2D eigenvalue weighted by Crippen LogP contribution is 2.06. The van der Waals surface area contributed by atoms with Gasteiger partial charge >= 0.3 is 0 Å². The van der Waals surface area contributed by atoms with E-state index in [2.05, 4.69) is 10.2 Å². The molecular formula is C4H7N3O. The highest BCUT2D eigenvalue weighted by molar-refractivity contribution is 5.01. The molecule has 1 atom stereocenters. The number of azo groups is 1. The number of nitrogens with two attached hydrogens (primary N) is 1. The molecule has 1 heterocycles. The molecule has 0 aliphatic carbocycles. The fraction of sp³-hybridized carbons (Fsp3) is 0.500. The summed E-state index contributed by atoms with van der Waals surface area (Å²) in [7, 11) is 1.55. The van der Waals surface area contributed by atoms with E-state index in [4.69, 9.17) is 10.5 Å². The van der Waals surface area contributed by atoms with E-state index >= 15 is 0 Å². The largest absolute Gasteiger partial charge is 0.382 e. The molecule has 0 unspecified atom stereocenters. The van der Waals surface area contributed by atoms with E-state index in [9.17, 15) is 0 Å². The van der Waals surface area contributed by atoms with Gasteiger partial charge in [0.1, 0.15) is 5.82 Å². The molecule has 0 amide bonds. The van der Waals surface area contributed by atoms with Crippen molar-refractivity contribution in [2.45, 2.75) is 6.23 Å². The Balaban J connectivity index is 2.55. The summed E-state index contributed by atoms with van der Waals surface area (Å²) in [6, 6.07) is 0.